The molecule has 0 radical (unpaired) electrons. The summed E-state index contributed by atoms with van der Waals surface area (Å²) in [5.74, 6) is -2.70. The molecule has 1 saturated heterocycles. The Labute approximate surface area is 299 Å². The van der Waals surface area contributed by atoms with Gasteiger partial charge in [-0.2, -0.15) is 0 Å². The summed E-state index contributed by atoms with van der Waals surface area (Å²) in [5, 5.41) is 0. The monoisotopic (exact) mass is 671 g/mol. The molecule has 0 N–H and O–H groups in total. The number of nitrogens with zero attached hydrogens (tertiary/aromatic N) is 1. The largest absolute Gasteiger partial charge is 0.343 e. The van der Waals surface area contributed by atoms with Crippen LogP contribution in [0, 0.1) is 5.41 Å². The molecule has 1 heterocycles. The van der Waals surface area contributed by atoms with Crippen molar-refractivity contribution < 1.29 is 19.2 Å². The molecular weight excluding hydrogens is 631 g/mol. The minimum absolute atomic E-state index is 0.155. The number of para-hydroxylation sites is 1. The lowest BCUT2D eigenvalue weighted by Gasteiger charge is -2.40. The summed E-state index contributed by atoms with van der Waals surface area (Å²) in [6.45, 7) is 12.8. The fraction of sp³-hybridized carbons (Fsp3) is 0.261. The van der Waals surface area contributed by atoms with Crippen LogP contribution in [0.4, 0.5) is 5.69 Å². The van der Waals surface area contributed by atoms with Gasteiger partial charge < -0.3 is 4.90 Å². The van der Waals surface area contributed by atoms with E-state index in [1.165, 1.54) is 0 Å². The highest BCUT2D eigenvalue weighted by atomic mass is 16.2. The summed E-state index contributed by atoms with van der Waals surface area (Å²) in [5.41, 5.74) is 1.10. The zero-order valence-corrected chi connectivity index (χ0v) is 29.9. The van der Waals surface area contributed by atoms with Gasteiger partial charge in [0.25, 0.3) is 0 Å². The van der Waals surface area contributed by atoms with Crippen LogP contribution >= 0.6 is 0 Å². The summed E-state index contributed by atoms with van der Waals surface area (Å²) < 4.78 is 0. The molecule has 0 bridgehead atoms. The van der Waals surface area contributed by atoms with E-state index in [0.29, 0.717) is 39.1 Å². The van der Waals surface area contributed by atoms with Gasteiger partial charge in [-0.15, -0.1) is 0 Å². The van der Waals surface area contributed by atoms with E-state index in [0.717, 1.165) is 11.1 Å². The van der Waals surface area contributed by atoms with Crippen molar-refractivity contribution in [3.05, 3.63) is 172 Å². The lowest BCUT2D eigenvalue weighted by Crippen LogP contribution is -2.57. The van der Waals surface area contributed by atoms with Crippen LogP contribution in [0.5, 0.6) is 0 Å². The van der Waals surface area contributed by atoms with Crippen LogP contribution in [0.3, 0.4) is 0 Å². The van der Waals surface area contributed by atoms with E-state index < -0.39 is 34.5 Å². The SMILES string of the molecule is CC(C)(C)c1ccc([C@@H]2N(c3ccccc3)C3(C(=O)c4ccccc4C3=O)[C@@H](c3ccc(C(C)(C)C)cc3)C23C(=O)c2ccccc2C3=O)cc1. The highest BCUT2D eigenvalue weighted by Crippen LogP contribution is 2.70. The second-order valence-corrected chi connectivity index (χ2v) is 16.3. The number of carbonyl (C=O) groups excluding carboxylic acids is 4. The van der Waals surface area contributed by atoms with Crippen molar-refractivity contribution in [3.63, 3.8) is 0 Å². The Morgan fingerprint density at radius 3 is 1.24 bits per heavy atom. The molecule has 51 heavy (non-hydrogen) atoms. The van der Waals surface area contributed by atoms with E-state index in [1.54, 1.807) is 48.5 Å². The maximum Gasteiger partial charge on any atom is 0.197 e. The molecule has 0 unspecified atom stereocenters. The topological polar surface area (TPSA) is 71.5 Å². The predicted octanol–water partition coefficient (Wildman–Crippen LogP) is 9.51. The van der Waals surface area contributed by atoms with Crippen molar-refractivity contribution in [1.82, 2.24) is 0 Å². The summed E-state index contributed by atoms with van der Waals surface area (Å²) in [7, 11) is 0. The van der Waals surface area contributed by atoms with Crippen molar-refractivity contribution in [3.8, 4) is 0 Å². The van der Waals surface area contributed by atoms with E-state index in [2.05, 4.69) is 41.5 Å². The van der Waals surface area contributed by atoms with E-state index in [4.69, 9.17) is 0 Å². The molecule has 2 aliphatic carbocycles. The van der Waals surface area contributed by atoms with Crippen molar-refractivity contribution >= 4 is 28.8 Å². The van der Waals surface area contributed by atoms with Gasteiger partial charge in [0.05, 0.1) is 6.04 Å². The van der Waals surface area contributed by atoms with E-state index in [1.807, 2.05) is 83.8 Å². The Morgan fingerprint density at radius 2 is 0.824 bits per heavy atom. The van der Waals surface area contributed by atoms with Gasteiger partial charge in [0, 0.05) is 33.9 Å². The first-order valence-electron chi connectivity index (χ1n) is 17.7. The van der Waals surface area contributed by atoms with Crippen LogP contribution in [-0.2, 0) is 10.8 Å². The predicted molar refractivity (Wildman–Crippen MR) is 200 cm³/mol. The van der Waals surface area contributed by atoms with E-state index >= 15 is 19.2 Å². The maximum atomic E-state index is 15.6. The quantitative estimate of drug-likeness (QED) is 0.179. The van der Waals surface area contributed by atoms with Gasteiger partial charge in [-0.1, -0.05) is 157 Å². The Hall–Kier alpha value is -5.42. The zero-order chi connectivity index (χ0) is 36.1. The fourth-order valence-electron chi connectivity index (χ4n) is 9.04. The molecule has 8 rings (SSSR count). The first-order chi connectivity index (χ1) is 24.2. The zero-order valence-electron chi connectivity index (χ0n) is 29.9. The van der Waals surface area contributed by atoms with Gasteiger partial charge in [-0.05, 0) is 45.2 Å². The molecule has 5 aromatic carbocycles. The van der Waals surface area contributed by atoms with Gasteiger partial charge in [0.1, 0.15) is 5.41 Å². The van der Waals surface area contributed by atoms with Crippen molar-refractivity contribution in [2.75, 3.05) is 4.90 Å². The first kappa shape index (κ1) is 32.8. The van der Waals surface area contributed by atoms with Gasteiger partial charge in [-0.3, -0.25) is 19.2 Å². The molecule has 0 aromatic heterocycles. The Bertz CT molecular complexity index is 2180. The van der Waals surface area contributed by atoms with Crippen LogP contribution in [0.1, 0.15) is 117 Å². The number of ketones is 4. The van der Waals surface area contributed by atoms with Gasteiger partial charge >= 0.3 is 0 Å². The van der Waals surface area contributed by atoms with Crippen LogP contribution in [-0.4, -0.2) is 28.7 Å². The molecule has 0 saturated carbocycles. The van der Waals surface area contributed by atoms with Crippen LogP contribution < -0.4 is 4.90 Å². The Morgan fingerprint density at radius 1 is 0.451 bits per heavy atom. The van der Waals surface area contributed by atoms with E-state index in [-0.39, 0.29) is 22.4 Å². The molecule has 5 nitrogen and oxygen atoms in total. The number of rotatable bonds is 3. The Kier molecular flexibility index (Phi) is 7.09. The van der Waals surface area contributed by atoms with Crippen molar-refractivity contribution in [2.24, 2.45) is 5.41 Å². The van der Waals surface area contributed by atoms with Crippen LogP contribution in [0.15, 0.2) is 127 Å². The number of fused-ring (bicyclic) bond motifs is 2. The summed E-state index contributed by atoms with van der Waals surface area (Å²) in [4.78, 5) is 64.1. The molecule has 0 amide bonds. The smallest absolute Gasteiger partial charge is 0.197 e. The number of carbonyl (C=O) groups is 4. The molecule has 5 aromatic rings. The van der Waals surface area contributed by atoms with Gasteiger partial charge in [-0.25, -0.2) is 0 Å². The van der Waals surface area contributed by atoms with Crippen LogP contribution in [0.2, 0.25) is 0 Å². The molecule has 2 atom stereocenters. The molecule has 1 fully saturated rings. The highest BCUT2D eigenvalue weighted by Gasteiger charge is 2.81. The lowest BCUT2D eigenvalue weighted by molar-refractivity contribution is 0.0619. The third-order valence-corrected chi connectivity index (χ3v) is 11.5. The van der Waals surface area contributed by atoms with Crippen molar-refractivity contribution in [2.45, 2.75) is 69.9 Å². The summed E-state index contributed by atoms with van der Waals surface area (Å²) in [6.07, 6.45) is 0. The number of Topliss-reactive ketones (excluding diaryl/α,β-unsaturated/α-hetero) is 4. The standard InChI is InChI=1S/C46H41NO4/c1-43(2,3)30-24-20-28(21-25-30)37-45(39(48)33-16-10-11-17-34(33)40(45)49)38(29-22-26-31(27-23-29)44(4,5)6)47(32-14-8-7-9-15-32)46(37)41(50)35-18-12-13-19-36(35)42(46)51/h7-27,37-38H,1-6H3/t37-,38-/m0/s1. The van der Waals surface area contributed by atoms with E-state index in [9.17, 15) is 0 Å². The average molecular weight is 672 g/mol. The third-order valence-electron chi connectivity index (χ3n) is 11.5. The summed E-state index contributed by atoms with van der Waals surface area (Å²) >= 11 is 0. The molecule has 1 aliphatic heterocycles. The number of anilines is 1. The van der Waals surface area contributed by atoms with Crippen LogP contribution in [0.25, 0.3) is 0 Å². The number of hydrogen-bond acceptors (Lipinski definition) is 5. The third kappa shape index (κ3) is 4.33. The first-order valence-corrected chi connectivity index (χ1v) is 17.7. The fourth-order valence-corrected chi connectivity index (χ4v) is 9.04. The lowest BCUT2D eigenvalue weighted by atomic mass is 9.59. The maximum absolute atomic E-state index is 15.6. The molecule has 2 spiro atoms. The normalized spacial score (nSPS) is 20.4. The molecule has 5 heteroatoms. The van der Waals surface area contributed by atoms with Gasteiger partial charge in [0.2, 0.25) is 0 Å². The number of benzene rings is 5. The molecule has 3 aliphatic rings. The summed E-state index contributed by atoms with van der Waals surface area (Å²) in [6, 6.07) is 38.1. The molecule has 254 valence electrons. The number of hydrogen-bond donors (Lipinski definition) is 0. The highest BCUT2D eigenvalue weighted by molar-refractivity contribution is 6.39. The van der Waals surface area contributed by atoms with Gasteiger partial charge in [0.15, 0.2) is 28.7 Å². The minimum Gasteiger partial charge on any atom is -0.343 e. The van der Waals surface area contributed by atoms with Crippen molar-refractivity contribution in [1.29, 1.82) is 0 Å². The minimum atomic E-state index is -1.95. The second kappa shape index (κ2) is 11.0. The Balaban J connectivity index is 1.54. The molecular formula is C46H41NO4. The average Bonchev–Trinajstić information content (AvgIpc) is 3.63. The second-order valence-electron chi connectivity index (χ2n) is 16.3.